The lowest BCUT2D eigenvalue weighted by Crippen LogP contribution is -2.33. The normalized spacial score (nSPS) is 15.7. The molecule has 1 heterocycles. The number of hydrogen-bond acceptors (Lipinski definition) is 3. The summed E-state index contributed by atoms with van der Waals surface area (Å²) in [4.78, 5) is 14.8. The van der Waals surface area contributed by atoms with Crippen molar-refractivity contribution < 1.29 is 9.53 Å². The molecular weight excluding hydrogens is 372 g/mol. The SMILES string of the molecule is CC1CCN(c2ccc([C@@H](C)NC(=O)COc3ccc4ccccc4c3)cc2)CC1. The second-order valence-corrected chi connectivity index (χ2v) is 8.35. The van der Waals surface area contributed by atoms with Crippen molar-refractivity contribution >= 4 is 22.4 Å². The minimum atomic E-state index is -0.121. The van der Waals surface area contributed by atoms with Crippen molar-refractivity contribution in [1.29, 1.82) is 0 Å². The highest BCUT2D eigenvalue weighted by atomic mass is 16.5. The number of anilines is 1. The molecule has 0 radical (unpaired) electrons. The van der Waals surface area contributed by atoms with E-state index < -0.39 is 0 Å². The standard InChI is InChI=1S/C26H30N2O2/c1-19-13-15-28(16-14-19)24-10-7-21(8-11-24)20(2)27-26(29)18-30-25-12-9-22-5-3-4-6-23(22)17-25/h3-12,17,19-20H,13-16,18H2,1-2H3,(H,27,29)/t20-/m1/s1. The summed E-state index contributed by atoms with van der Waals surface area (Å²) in [6.07, 6.45) is 2.51. The number of benzene rings is 3. The Morgan fingerprint density at radius 2 is 1.73 bits per heavy atom. The highest BCUT2D eigenvalue weighted by Gasteiger charge is 2.16. The van der Waals surface area contributed by atoms with E-state index in [-0.39, 0.29) is 18.6 Å². The molecule has 1 aliphatic rings. The van der Waals surface area contributed by atoms with Crippen LogP contribution in [0.15, 0.2) is 66.7 Å². The Hall–Kier alpha value is -3.01. The first-order chi connectivity index (χ1) is 14.6. The Balaban J connectivity index is 1.29. The van der Waals surface area contributed by atoms with Gasteiger partial charge in [-0.15, -0.1) is 0 Å². The number of rotatable bonds is 6. The predicted octanol–water partition coefficient (Wildman–Crippen LogP) is 5.33. The first-order valence-electron chi connectivity index (χ1n) is 10.8. The van der Waals surface area contributed by atoms with E-state index in [9.17, 15) is 4.79 Å². The number of nitrogens with zero attached hydrogens (tertiary/aromatic N) is 1. The number of fused-ring (bicyclic) bond motifs is 1. The average molecular weight is 403 g/mol. The first kappa shape index (κ1) is 20.3. The van der Waals surface area contributed by atoms with Crippen LogP contribution in [-0.2, 0) is 4.79 Å². The molecule has 3 aromatic carbocycles. The molecule has 3 aromatic rings. The van der Waals surface area contributed by atoms with Crippen LogP contribution in [-0.4, -0.2) is 25.6 Å². The zero-order chi connectivity index (χ0) is 20.9. The molecule has 0 aliphatic carbocycles. The summed E-state index contributed by atoms with van der Waals surface area (Å²) in [5.74, 6) is 1.41. The van der Waals surface area contributed by atoms with Gasteiger partial charge in [0, 0.05) is 18.8 Å². The van der Waals surface area contributed by atoms with Crippen molar-refractivity contribution in [2.75, 3.05) is 24.6 Å². The fourth-order valence-electron chi connectivity index (χ4n) is 4.01. The third kappa shape index (κ3) is 4.93. The van der Waals surface area contributed by atoms with Gasteiger partial charge < -0.3 is 15.0 Å². The highest BCUT2D eigenvalue weighted by molar-refractivity contribution is 5.84. The van der Waals surface area contributed by atoms with E-state index in [4.69, 9.17) is 4.74 Å². The van der Waals surface area contributed by atoms with Gasteiger partial charge in [-0.2, -0.15) is 0 Å². The molecule has 0 bridgehead atoms. The fourth-order valence-corrected chi connectivity index (χ4v) is 4.01. The third-order valence-electron chi connectivity index (χ3n) is 6.01. The summed E-state index contributed by atoms with van der Waals surface area (Å²) in [6, 6.07) is 22.5. The summed E-state index contributed by atoms with van der Waals surface area (Å²) in [5, 5.41) is 5.29. The van der Waals surface area contributed by atoms with Crippen LogP contribution in [0.2, 0.25) is 0 Å². The van der Waals surface area contributed by atoms with Crippen molar-refractivity contribution in [1.82, 2.24) is 5.32 Å². The van der Waals surface area contributed by atoms with Gasteiger partial charge >= 0.3 is 0 Å². The minimum Gasteiger partial charge on any atom is -0.484 e. The molecule has 1 fully saturated rings. The van der Waals surface area contributed by atoms with Gasteiger partial charge in [0.05, 0.1) is 6.04 Å². The monoisotopic (exact) mass is 402 g/mol. The molecule has 1 atom stereocenters. The van der Waals surface area contributed by atoms with Crippen LogP contribution < -0.4 is 15.0 Å². The lowest BCUT2D eigenvalue weighted by atomic mass is 9.98. The van der Waals surface area contributed by atoms with Gasteiger partial charge in [-0.25, -0.2) is 0 Å². The highest BCUT2D eigenvalue weighted by Crippen LogP contribution is 2.25. The lowest BCUT2D eigenvalue weighted by Gasteiger charge is -2.32. The number of ether oxygens (including phenoxy) is 1. The third-order valence-corrected chi connectivity index (χ3v) is 6.01. The molecule has 1 N–H and O–H groups in total. The maximum atomic E-state index is 12.4. The largest absolute Gasteiger partial charge is 0.484 e. The number of hydrogen-bond donors (Lipinski definition) is 1. The van der Waals surface area contributed by atoms with Gasteiger partial charge in [-0.3, -0.25) is 4.79 Å². The maximum Gasteiger partial charge on any atom is 0.258 e. The molecule has 0 spiro atoms. The molecule has 4 heteroatoms. The molecule has 1 amide bonds. The van der Waals surface area contributed by atoms with Crippen LogP contribution in [0.3, 0.4) is 0 Å². The van der Waals surface area contributed by atoms with Crippen molar-refractivity contribution in [2.45, 2.75) is 32.7 Å². The average Bonchev–Trinajstić information content (AvgIpc) is 2.78. The van der Waals surface area contributed by atoms with E-state index in [2.05, 4.69) is 47.5 Å². The van der Waals surface area contributed by atoms with Gasteiger partial charge in [0.25, 0.3) is 5.91 Å². The van der Waals surface area contributed by atoms with Gasteiger partial charge in [0.1, 0.15) is 5.75 Å². The summed E-state index contributed by atoms with van der Waals surface area (Å²) in [5.41, 5.74) is 2.37. The molecule has 4 nitrogen and oxygen atoms in total. The predicted molar refractivity (Wildman–Crippen MR) is 123 cm³/mol. The van der Waals surface area contributed by atoms with E-state index in [1.54, 1.807) is 0 Å². The van der Waals surface area contributed by atoms with Crippen LogP contribution in [0, 0.1) is 5.92 Å². The molecular formula is C26H30N2O2. The number of amides is 1. The van der Waals surface area contributed by atoms with Gasteiger partial charge in [-0.1, -0.05) is 49.4 Å². The van der Waals surface area contributed by atoms with Crippen LogP contribution in [0.25, 0.3) is 10.8 Å². The van der Waals surface area contributed by atoms with Gasteiger partial charge in [0.2, 0.25) is 0 Å². The van der Waals surface area contributed by atoms with Crippen LogP contribution in [0.5, 0.6) is 5.75 Å². The second-order valence-electron chi connectivity index (χ2n) is 8.35. The molecule has 0 unspecified atom stereocenters. The van der Waals surface area contributed by atoms with E-state index >= 15 is 0 Å². The van der Waals surface area contributed by atoms with Crippen LogP contribution >= 0.6 is 0 Å². The molecule has 156 valence electrons. The Morgan fingerprint density at radius 3 is 2.47 bits per heavy atom. The van der Waals surface area contributed by atoms with E-state index in [0.717, 1.165) is 35.3 Å². The molecule has 4 rings (SSSR count). The number of carbonyl (C=O) groups excluding carboxylic acids is 1. The first-order valence-corrected chi connectivity index (χ1v) is 10.8. The number of carbonyl (C=O) groups is 1. The van der Waals surface area contributed by atoms with E-state index in [1.807, 2.05) is 43.3 Å². The lowest BCUT2D eigenvalue weighted by molar-refractivity contribution is -0.123. The number of nitrogens with one attached hydrogen (secondary N) is 1. The van der Waals surface area contributed by atoms with Gasteiger partial charge in [0.15, 0.2) is 6.61 Å². The van der Waals surface area contributed by atoms with E-state index in [1.165, 1.54) is 18.5 Å². The Bertz CT molecular complexity index is 991. The molecule has 30 heavy (non-hydrogen) atoms. The van der Waals surface area contributed by atoms with Crippen molar-refractivity contribution in [3.63, 3.8) is 0 Å². The fraction of sp³-hybridized carbons (Fsp3) is 0.346. The maximum absolute atomic E-state index is 12.4. The van der Waals surface area contributed by atoms with Crippen molar-refractivity contribution in [2.24, 2.45) is 5.92 Å². The summed E-state index contributed by atoms with van der Waals surface area (Å²) >= 11 is 0. The quantitative estimate of drug-likeness (QED) is 0.606. The number of piperidine rings is 1. The Morgan fingerprint density at radius 1 is 1.03 bits per heavy atom. The molecule has 0 saturated carbocycles. The van der Waals surface area contributed by atoms with Crippen molar-refractivity contribution in [3.8, 4) is 5.75 Å². The minimum absolute atomic E-state index is 0.00667. The van der Waals surface area contributed by atoms with Crippen LogP contribution in [0.1, 0.15) is 38.3 Å². The summed E-state index contributed by atoms with van der Waals surface area (Å²) in [7, 11) is 0. The Labute approximate surface area is 178 Å². The van der Waals surface area contributed by atoms with Crippen molar-refractivity contribution in [3.05, 3.63) is 72.3 Å². The van der Waals surface area contributed by atoms with Crippen LogP contribution in [0.4, 0.5) is 5.69 Å². The smallest absolute Gasteiger partial charge is 0.258 e. The summed E-state index contributed by atoms with van der Waals surface area (Å²) in [6.45, 7) is 6.59. The molecule has 1 aliphatic heterocycles. The summed E-state index contributed by atoms with van der Waals surface area (Å²) < 4.78 is 5.70. The second kappa shape index (κ2) is 9.21. The zero-order valence-corrected chi connectivity index (χ0v) is 17.8. The molecule has 1 saturated heterocycles. The van der Waals surface area contributed by atoms with E-state index in [0.29, 0.717) is 5.75 Å². The van der Waals surface area contributed by atoms with Gasteiger partial charge in [-0.05, 0) is 66.3 Å². The topological polar surface area (TPSA) is 41.6 Å². The molecule has 0 aromatic heterocycles. The zero-order valence-electron chi connectivity index (χ0n) is 17.8. The Kier molecular flexibility index (Phi) is 6.22.